The largest absolute Gasteiger partial charge is 0.436 e. The molecule has 11 rings (SSSR count). The van der Waals surface area contributed by atoms with Crippen LogP contribution < -0.4 is 0 Å². The number of rotatable bonds is 6. The molecule has 0 aliphatic carbocycles. The van der Waals surface area contributed by atoms with Crippen LogP contribution in [0.3, 0.4) is 0 Å². The van der Waals surface area contributed by atoms with E-state index < -0.39 is 0 Å². The van der Waals surface area contributed by atoms with E-state index >= 15 is 0 Å². The molecule has 11 aromatic rings. The first-order chi connectivity index (χ1) is 27.2. The summed E-state index contributed by atoms with van der Waals surface area (Å²) in [5, 5.41) is 2.27. The SMILES string of the molecule is c1ccc(-n2c3ccccc3c3cc(-c4nc(-c5ccc(-c6nc7ccccc7o6)cc5)nc(-c5ccc(-c6nc7ccccc7o6)cc5)n4)ccc32)cc1. The van der Waals surface area contributed by atoms with E-state index in [1.807, 2.05) is 103 Å². The highest BCUT2D eigenvalue weighted by Crippen LogP contribution is 2.36. The van der Waals surface area contributed by atoms with E-state index in [0.29, 0.717) is 29.3 Å². The van der Waals surface area contributed by atoms with Gasteiger partial charge >= 0.3 is 0 Å². The van der Waals surface area contributed by atoms with Crippen LogP contribution in [0.1, 0.15) is 0 Å². The molecule has 8 nitrogen and oxygen atoms in total. The first-order valence-corrected chi connectivity index (χ1v) is 18.0. The summed E-state index contributed by atoms with van der Waals surface area (Å²) in [7, 11) is 0. The maximum Gasteiger partial charge on any atom is 0.227 e. The fourth-order valence-electron chi connectivity index (χ4n) is 7.25. The van der Waals surface area contributed by atoms with E-state index in [1.54, 1.807) is 0 Å². The van der Waals surface area contributed by atoms with Gasteiger partial charge in [-0.15, -0.1) is 0 Å². The predicted octanol–water partition coefficient (Wildman–Crippen LogP) is 11.6. The van der Waals surface area contributed by atoms with Gasteiger partial charge in [0.25, 0.3) is 0 Å². The van der Waals surface area contributed by atoms with Gasteiger partial charge < -0.3 is 13.4 Å². The van der Waals surface area contributed by atoms with Gasteiger partial charge in [-0.25, -0.2) is 24.9 Å². The Morgan fingerprint density at radius 3 is 1.38 bits per heavy atom. The fourth-order valence-corrected chi connectivity index (χ4v) is 7.25. The molecule has 7 aromatic carbocycles. The molecule has 4 aromatic heterocycles. The lowest BCUT2D eigenvalue weighted by molar-refractivity contribution is 0.619. The number of benzene rings is 7. The minimum absolute atomic E-state index is 0.555. The summed E-state index contributed by atoms with van der Waals surface area (Å²) in [5.41, 5.74) is 10.8. The summed E-state index contributed by atoms with van der Waals surface area (Å²) in [4.78, 5) is 24.6. The van der Waals surface area contributed by atoms with Crippen LogP contribution >= 0.6 is 0 Å². The number of hydrogen-bond donors (Lipinski definition) is 0. The first-order valence-electron chi connectivity index (χ1n) is 18.0. The van der Waals surface area contributed by atoms with Crippen LogP contribution in [-0.4, -0.2) is 29.5 Å². The average molecular weight is 709 g/mol. The van der Waals surface area contributed by atoms with Gasteiger partial charge in [0.05, 0.1) is 11.0 Å². The van der Waals surface area contributed by atoms with Crippen LogP contribution in [0.25, 0.3) is 107 Å². The minimum Gasteiger partial charge on any atom is -0.436 e. The Hall–Kier alpha value is -7.71. The van der Waals surface area contributed by atoms with Crippen molar-refractivity contribution < 1.29 is 8.83 Å². The van der Waals surface area contributed by atoms with Gasteiger partial charge in [0, 0.05) is 44.3 Å². The summed E-state index contributed by atoms with van der Waals surface area (Å²) >= 11 is 0. The smallest absolute Gasteiger partial charge is 0.227 e. The second kappa shape index (κ2) is 12.5. The lowest BCUT2D eigenvalue weighted by Crippen LogP contribution is -2.00. The second-order valence-electron chi connectivity index (χ2n) is 13.4. The van der Waals surface area contributed by atoms with E-state index in [4.69, 9.17) is 23.8 Å². The minimum atomic E-state index is 0.555. The average Bonchev–Trinajstić information content (AvgIpc) is 3.98. The molecular weight excluding hydrogens is 681 g/mol. The molecule has 0 saturated carbocycles. The molecular formula is C47H28N6O2. The van der Waals surface area contributed by atoms with E-state index in [-0.39, 0.29) is 0 Å². The number of nitrogens with zero attached hydrogens (tertiary/aromatic N) is 6. The number of aromatic nitrogens is 6. The molecule has 0 fully saturated rings. The van der Waals surface area contributed by atoms with Gasteiger partial charge in [0.1, 0.15) is 11.0 Å². The van der Waals surface area contributed by atoms with Gasteiger partial charge in [0.15, 0.2) is 28.6 Å². The Labute approximate surface area is 314 Å². The quantitative estimate of drug-likeness (QED) is 0.170. The van der Waals surface area contributed by atoms with E-state index in [1.165, 1.54) is 0 Å². The molecule has 0 unspecified atom stereocenters. The first kappa shape index (κ1) is 30.9. The number of para-hydroxylation sites is 6. The molecule has 0 amide bonds. The van der Waals surface area contributed by atoms with Crippen molar-refractivity contribution in [2.24, 2.45) is 0 Å². The Morgan fingerprint density at radius 2 is 0.800 bits per heavy atom. The van der Waals surface area contributed by atoms with E-state index in [2.05, 4.69) is 81.3 Å². The number of hydrogen-bond acceptors (Lipinski definition) is 7. The Balaban J connectivity index is 1.04. The van der Waals surface area contributed by atoms with Crippen molar-refractivity contribution in [1.82, 2.24) is 29.5 Å². The Kier molecular flexibility index (Phi) is 6.99. The van der Waals surface area contributed by atoms with Crippen molar-refractivity contribution in [3.63, 3.8) is 0 Å². The third-order valence-electron chi connectivity index (χ3n) is 9.95. The monoisotopic (exact) mass is 708 g/mol. The van der Waals surface area contributed by atoms with Crippen molar-refractivity contribution >= 4 is 44.0 Å². The van der Waals surface area contributed by atoms with Gasteiger partial charge in [-0.2, -0.15) is 0 Å². The van der Waals surface area contributed by atoms with Crippen molar-refractivity contribution in [1.29, 1.82) is 0 Å². The molecule has 0 spiro atoms. The van der Waals surface area contributed by atoms with Crippen LogP contribution in [0.4, 0.5) is 0 Å². The van der Waals surface area contributed by atoms with E-state index in [0.717, 1.165) is 77.5 Å². The zero-order chi connectivity index (χ0) is 36.3. The third kappa shape index (κ3) is 5.35. The zero-order valence-electron chi connectivity index (χ0n) is 29.2. The number of fused-ring (bicyclic) bond motifs is 5. The molecule has 0 bridgehead atoms. The van der Waals surface area contributed by atoms with Crippen molar-refractivity contribution in [2.45, 2.75) is 0 Å². The van der Waals surface area contributed by atoms with Gasteiger partial charge in [-0.05, 0) is 84.9 Å². The third-order valence-corrected chi connectivity index (χ3v) is 9.95. The zero-order valence-corrected chi connectivity index (χ0v) is 29.2. The maximum atomic E-state index is 6.04. The normalized spacial score (nSPS) is 11.6. The Morgan fingerprint density at radius 1 is 0.345 bits per heavy atom. The molecule has 0 radical (unpaired) electrons. The summed E-state index contributed by atoms with van der Waals surface area (Å²) < 4.78 is 14.4. The molecule has 4 heterocycles. The van der Waals surface area contributed by atoms with Crippen LogP contribution in [0.15, 0.2) is 179 Å². The van der Waals surface area contributed by atoms with Crippen LogP contribution in [0, 0.1) is 0 Å². The van der Waals surface area contributed by atoms with Crippen LogP contribution in [0.2, 0.25) is 0 Å². The summed E-state index contributed by atoms with van der Waals surface area (Å²) in [6, 6.07) is 56.9. The van der Waals surface area contributed by atoms with Crippen molar-refractivity contribution in [2.75, 3.05) is 0 Å². The van der Waals surface area contributed by atoms with Gasteiger partial charge in [-0.1, -0.05) is 84.9 Å². The lowest BCUT2D eigenvalue weighted by Gasteiger charge is -2.10. The summed E-state index contributed by atoms with van der Waals surface area (Å²) in [5.74, 6) is 2.81. The highest BCUT2D eigenvalue weighted by atomic mass is 16.4. The predicted molar refractivity (Wildman–Crippen MR) is 216 cm³/mol. The maximum absolute atomic E-state index is 6.04. The molecule has 8 heteroatoms. The molecule has 0 atom stereocenters. The highest BCUT2D eigenvalue weighted by molar-refractivity contribution is 6.10. The summed E-state index contributed by atoms with van der Waals surface area (Å²) in [6.07, 6.45) is 0. The fraction of sp³-hybridized carbons (Fsp3) is 0. The molecule has 0 saturated heterocycles. The molecule has 0 aliphatic heterocycles. The second-order valence-corrected chi connectivity index (χ2v) is 13.4. The van der Waals surface area contributed by atoms with Crippen LogP contribution in [0.5, 0.6) is 0 Å². The van der Waals surface area contributed by atoms with E-state index in [9.17, 15) is 0 Å². The standard InChI is InChI=1S/C47H28N6O2/c1-2-10-34(11-3-1)53-39-15-7-4-12-35(39)36-28-33(26-27-40(36)53)45-51-43(29-18-22-31(23-19-29)46-48-37-13-5-8-16-41(37)54-46)50-44(52-45)30-20-24-32(25-21-30)47-49-38-14-6-9-17-42(38)55-47/h1-28H. The summed E-state index contributed by atoms with van der Waals surface area (Å²) in [6.45, 7) is 0. The van der Waals surface area contributed by atoms with Gasteiger partial charge in [-0.3, -0.25) is 0 Å². The lowest BCUT2D eigenvalue weighted by atomic mass is 10.1. The molecule has 0 aliphatic rings. The highest BCUT2D eigenvalue weighted by Gasteiger charge is 2.18. The topological polar surface area (TPSA) is 95.7 Å². The number of oxazole rings is 2. The molecule has 55 heavy (non-hydrogen) atoms. The van der Waals surface area contributed by atoms with Crippen molar-refractivity contribution in [3.05, 3.63) is 170 Å². The molecule has 0 N–H and O–H groups in total. The van der Waals surface area contributed by atoms with Crippen LogP contribution in [-0.2, 0) is 0 Å². The Bertz CT molecular complexity index is 3000. The van der Waals surface area contributed by atoms with Crippen molar-refractivity contribution in [3.8, 4) is 62.8 Å². The van der Waals surface area contributed by atoms with Gasteiger partial charge in [0.2, 0.25) is 11.8 Å². The molecule has 258 valence electrons.